The SMILES string of the molecule is C=CC1=CC(C2CC2)=C2C(C)=C(C3=CC=C(N)CC3)C=CN2C1=C. The van der Waals surface area contributed by atoms with E-state index in [9.17, 15) is 0 Å². The van der Waals surface area contributed by atoms with Crippen molar-refractivity contribution >= 4 is 0 Å². The van der Waals surface area contributed by atoms with Crippen LogP contribution in [-0.2, 0) is 0 Å². The van der Waals surface area contributed by atoms with Crippen molar-refractivity contribution < 1.29 is 0 Å². The molecule has 2 heteroatoms. The summed E-state index contributed by atoms with van der Waals surface area (Å²) in [5, 5.41) is 0. The van der Waals surface area contributed by atoms with Gasteiger partial charge in [-0.2, -0.15) is 0 Å². The van der Waals surface area contributed by atoms with Gasteiger partial charge in [-0.3, -0.25) is 0 Å². The summed E-state index contributed by atoms with van der Waals surface area (Å²) in [7, 11) is 0. The minimum Gasteiger partial charge on any atom is -0.402 e. The van der Waals surface area contributed by atoms with E-state index in [0.717, 1.165) is 29.8 Å². The Balaban J connectivity index is 1.86. The fraction of sp³-hybridized carbons (Fsp3) is 0.273. The van der Waals surface area contributed by atoms with Crippen molar-refractivity contribution in [3.63, 3.8) is 0 Å². The molecule has 0 aromatic carbocycles. The summed E-state index contributed by atoms with van der Waals surface area (Å²) in [6, 6.07) is 0. The second-order valence-electron chi connectivity index (χ2n) is 6.99. The highest BCUT2D eigenvalue weighted by molar-refractivity contribution is 5.62. The molecule has 2 heterocycles. The Kier molecular flexibility index (Phi) is 3.49. The van der Waals surface area contributed by atoms with E-state index in [1.54, 1.807) is 0 Å². The zero-order valence-corrected chi connectivity index (χ0v) is 14.3. The third kappa shape index (κ3) is 2.34. The molecule has 0 aromatic rings. The maximum absolute atomic E-state index is 5.92. The number of hydrogen-bond acceptors (Lipinski definition) is 2. The zero-order chi connectivity index (χ0) is 16.8. The fourth-order valence-corrected chi connectivity index (χ4v) is 3.80. The van der Waals surface area contributed by atoms with Crippen molar-refractivity contribution in [2.24, 2.45) is 11.7 Å². The maximum Gasteiger partial charge on any atom is 0.0525 e. The average Bonchev–Trinajstić information content (AvgIpc) is 3.42. The first-order valence-electron chi connectivity index (χ1n) is 8.72. The number of hydrogen-bond donors (Lipinski definition) is 1. The highest BCUT2D eigenvalue weighted by Crippen LogP contribution is 2.47. The first-order chi connectivity index (χ1) is 11.6. The molecule has 0 atom stereocenters. The molecule has 4 aliphatic rings. The molecule has 0 radical (unpaired) electrons. The number of allylic oxidation sites excluding steroid dienone is 10. The molecule has 0 amide bonds. The van der Waals surface area contributed by atoms with E-state index in [4.69, 9.17) is 5.73 Å². The predicted octanol–water partition coefficient (Wildman–Crippen LogP) is 5.00. The fourth-order valence-electron chi connectivity index (χ4n) is 3.80. The van der Waals surface area contributed by atoms with Gasteiger partial charge in [0.25, 0.3) is 0 Å². The molecule has 1 fully saturated rings. The van der Waals surface area contributed by atoms with Gasteiger partial charge >= 0.3 is 0 Å². The summed E-state index contributed by atoms with van der Waals surface area (Å²) in [6.07, 6.45) is 17.4. The Morgan fingerprint density at radius 3 is 2.67 bits per heavy atom. The summed E-state index contributed by atoms with van der Waals surface area (Å²) >= 11 is 0. The van der Waals surface area contributed by atoms with Crippen LogP contribution in [0, 0.1) is 5.92 Å². The minimum atomic E-state index is 0.684. The topological polar surface area (TPSA) is 29.3 Å². The van der Waals surface area contributed by atoms with E-state index >= 15 is 0 Å². The molecule has 2 aliphatic carbocycles. The highest BCUT2D eigenvalue weighted by atomic mass is 15.1. The van der Waals surface area contributed by atoms with Gasteiger partial charge in [0.1, 0.15) is 0 Å². The van der Waals surface area contributed by atoms with Gasteiger partial charge in [-0.15, -0.1) is 0 Å². The quantitative estimate of drug-likeness (QED) is 0.794. The van der Waals surface area contributed by atoms with Gasteiger partial charge in [0, 0.05) is 17.6 Å². The van der Waals surface area contributed by atoms with Crippen LogP contribution in [0.4, 0.5) is 0 Å². The average molecular weight is 316 g/mol. The van der Waals surface area contributed by atoms with Crippen LogP contribution >= 0.6 is 0 Å². The molecule has 0 saturated heterocycles. The van der Waals surface area contributed by atoms with Crippen molar-refractivity contribution in [2.45, 2.75) is 32.6 Å². The zero-order valence-electron chi connectivity index (χ0n) is 14.3. The van der Waals surface area contributed by atoms with Gasteiger partial charge in [-0.1, -0.05) is 25.3 Å². The standard InChI is InChI=1S/C22H24N2/c1-4-16-13-21(18-5-6-18)22-14(2)20(11-12-24(22)15(16)3)17-7-9-19(23)10-8-17/h4,7,9,11-13,18H,1,3,5-6,8,10,23H2,2H3. The van der Waals surface area contributed by atoms with E-state index in [2.05, 4.69) is 49.4 Å². The lowest BCUT2D eigenvalue weighted by Gasteiger charge is -2.36. The third-order valence-corrected chi connectivity index (χ3v) is 5.36. The Labute approximate surface area is 144 Å². The van der Waals surface area contributed by atoms with E-state index < -0.39 is 0 Å². The molecule has 4 rings (SSSR count). The van der Waals surface area contributed by atoms with Crippen LogP contribution in [0.2, 0.25) is 0 Å². The smallest absolute Gasteiger partial charge is 0.0525 e. The van der Waals surface area contributed by atoms with Gasteiger partial charge in [0.2, 0.25) is 0 Å². The summed E-state index contributed by atoms with van der Waals surface area (Å²) in [4.78, 5) is 2.25. The van der Waals surface area contributed by atoms with Gasteiger partial charge in [0.05, 0.1) is 5.70 Å². The van der Waals surface area contributed by atoms with E-state index in [1.807, 2.05) is 12.2 Å². The summed E-state index contributed by atoms with van der Waals surface area (Å²) in [6.45, 7) is 10.5. The summed E-state index contributed by atoms with van der Waals surface area (Å²) in [5.41, 5.74) is 15.9. The van der Waals surface area contributed by atoms with Crippen molar-refractivity contribution in [1.82, 2.24) is 4.90 Å². The minimum absolute atomic E-state index is 0.684. The van der Waals surface area contributed by atoms with Crippen LogP contribution in [0.1, 0.15) is 32.6 Å². The van der Waals surface area contributed by atoms with Crippen LogP contribution in [0.3, 0.4) is 0 Å². The monoisotopic (exact) mass is 316 g/mol. The number of fused-ring (bicyclic) bond motifs is 1. The second kappa shape index (κ2) is 5.55. The molecule has 2 nitrogen and oxygen atoms in total. The Hall–Kier alpha value is -2.48. The van der Waals surface area contributed by atoms with Crippen molar-refractivity contribution in [2.75, 3.05) is 0 Å². The highest BCUT2D eigenvalue weighted by Gasteiger charge is 2.34. The molecule has 122 valence electrons. The molecule has 0 bridgehead atoms. The largest absolute Gasteiger partial charge is 0.402 e. The van der Waals surface area contributed by atoms with E-state index in [0.29, 0.717) is 5.92 Å². The van der Waals surface area contributed by atoms with Gasteiger partial charge in [0.15, 0.2) is 0 Å². The van der Waals surface area contributed by atoms with Crippen LogP contribution < -0.4 is 5.73 Å². The molecule has 0 spiro atoms. The van der Waals surface area contributed by atoms with Crippen molar-refractivity contribution in [3.05, 3.63) is 94.7 Å². The molecule has 1 saturated carbocycles. The normalized spacial score (nSPS) is 23.8. The Morgan fingerprint density at radius 1 is 1.25 bits per heavy atom. The van der Waals surface area contributed by atoms with E-state index in [1.165, 1.54) is 40.8 Å². The van der Waals surface area contributed by atoms with Gasteiger partial charge < -0.3 is 10.6 Å². The molecule has 2 N–H and O–H groups in total. The lowest BCUT2D eigenvalue weighted by molar-refractivity contribution is 0.568. The van der Waals surface area contributed by atoms with Crippen LogP contribution in [0.15, 0.2) is 94.7 Å². The molecule has 24 heavy (non-hydrogen) atoms. The predicted molar refractivity (Wildman–Crippen MR) is 100 cm³/mol. The van der Waals surface area contributed by atoms with E-state index in [-0.39, 0.29) is 0 Å². The number of nitrogens with two attached hydrogens (primary N) is 1. The van der Waals surface area contributed by atoms with Crippen LogP contribution in [-0.4, -0.2) is 4.90 Å². The van der Waals surface area contributed by atoms with Crippen molar-refractivity contribution in [3.8, 4) is 0 Å². The van der Waals surface area contributed by atoms with Crippen molar-refractivity contribution in [1.29, 1.82) is 0 Å². The summed E-state index contributed by atoms with van der Waals surface area (Å²) in [5.74, 6) is 0.684. The molecule has 0 aromatic heterocycles. The Morgan fingerprint density at radius 2 is 2.04 bits per heavy atom. The van der Waals surface area contributed by atoms with Gasteiger partial charge in [-0.25, -0.2) is 0 Å². The lowest BCUT2D eigenvalue weighted by Crippen LogP contribution is -2.26. The third-order valence-electron chi connectivity index (χ3n) is 5.36. The first kappa shape index (κ1) is 15.1. The van der Waals surface area contributed by atoms with Gasteiger partial charge in [-0.05, 0) is 84.6 Å². The first-order valence-corrected chi connectivity index (χ1v) is 8.72. The summed E-state index contributed by atoms with van der Waals surface area (Å²) < 4.78 is 0. The lowest BCUT2D eigenvalue weighted by atomic mass is 9.85. The number of nitrogens with zero attached hydrogens (tertiary/aromatic N) is 1. The molecular weight excluding hydrogens is 292 g/mol. The Bertz CT molecular complexity index is 820. The van der Waals surface area contributed by atoms with Crippen LogP contribution in [0.5, 0.6) is 0 Å². The number of rotatable bonds is 3. The molecular formula is C22H24N2. The van der Waals surface area contributed by atoms with Crippen LogP contribution in [0.25, 0.3) is 0 Å². The maximum atomic E-state index is 5.92. The second-order valence-corrected chi connectivity index (χ2v) is 6.99. The molecule has 2 aliphatic heterocycles. The molecule has 0 unspecified atom stereocenters.